The minimum absolute atomic E-state index is 0.207. The number of fused-ring (bicyclic) bond motifs is 1. The zero-order valence-electron chi connectivity index (χ0n) is 12.6. The van der Waals surface area contributed by atoms with Crippen molar-refractivity contribution in [2.75, 3.05) is 5.32 Å². The zero-order valence-corrected chi connectivity index (χ0v) is 12.6. The Balaban J connectivity index is 1.81. The molecule has 0 fully saturated rings. The van der Waals surface area contributed by atoms with Crippen LogP contribution in [0.25, 0.3) is 16.7 Å². The maximum Gasteiger partial charge on any atom is 0.284 e. The second-order valence-electron chi connectivity index (χ2n) is 5.19. The van der Waals surface area contributed by atoms with Gasteiger partial charge in [-0.05, 0) is 36.4 Å². The molecule has 0 spiro atoms. The first kappa shape index (κ1) is 14.1. The molecule has 0 aliphatic carbocycles. The molecular weight excluding hydrogens is 302 g/mol. The summed E-state index contributed by atoms with van der Waals surface area (Å²) in [5.74, 6) is 0.570. The Kier molecular flexibility index (Phi) is 3.47. The number of anilines is 2. The third kappa shape index (κ3) is 2.61. The number of hydrogen-bond donors (Lipinski definition) is 1. The Hall–Kier alpha value is -3.54. The molecule has 4 rings (SSSR count). The molecule has 0 atom stereocenters. The zero-order chi connectivity index (χ0) is 16.4. The molecule has 3 heterocycles. The van der Waals surface area contributed by atoms with Crippen molar-refractivity contribution in [3.8, 4) is 5.69 Å². The van der Waals surface area contributed by atoms with E-state index in [4.69, 9.17) is 0 Å². The number of hydrogen-bond acceptors (Lipinski definition) is 5. The normalized spacial score (nSPS) is 10.7. The summed E-state index contributed by atoms with van der Waals surface area (Å²) in [6.07, 6.45) is 4.91. The van der Waals surface area contributed by atoms with Crippen LogP contribution in [0, 0.1) is 0 Å². The third-order valence-electron chi connectivity index (χ3n) is 3.58. The molecule has 0 saturated heterocycles. The van der Waals surface area contributed by atoms with Gasteiger partial charge in [0.25, 0.3) is 5.56 Å². The van der Waals surface area contributed by atoms with E-state index in [-0.39, 0.29) is 5.56 Å². The highest BCUT2D eigenvalue weighted by Gasteiger charge is 2.08. The second-order valence-corrected chi connectivity index (χ2v) is 5.19. The van der Waals surface area contributed by atoms with Crippen LogP contribution < -0.4 is 10.9 Å². The molecule has 0 amide bonds. The largest absolute Gasteiger partial charge is 0.339 e. The number of nitrogens with zero attached hydrogens (tertiary/aromatic N) is 4. The van der Waals surface area contributed by atoms with Gasteiger partial charge in [0.05, 0.1) is 23.1 Å². The monoisotopic (exact) mass is 315 g/mol. The standard InChI is InChI=1S/C18H13N5O/c24-18-17-15(20-12-23(18)14-6-2-1-3-7-14)8-9-16(22-17)21-13-5-4-10-19-11-13/h1-12H,(H,21,22). The van der Waals surface area contributed by atoms with Crippen LogP contribution in [0.4, 0.5) is 11.5 Å². The summed E-state index contributed by atoms with van der Waals surface area (Å²) in [7, 11) is 0. The Morgan fingerprint density at radius 1 is 0.958 bits per heavy atom. The quantitative estimate of drug-likeness (QED) is 0.629. The van der Waals surface area contributed by atoms with Gasteiger partial charge in [-0.15, -0.1) is 0 Å². The Bertz CT molecular complexity index is 1050. The molecule has 0 aliphatic heterocycles. The second kappa shape index (κ2) is 5.92. The maximum atomic E-state index is 12.8. The molecule has 0 bridgehead atoms. The van der Waals surface area contributed by atoms with E-state index in [0.717, 1.165) is 11.4 Å². The Labute approximate surface area is 137 Å². The van der Waals surface area contributed by atoms with Gasteiger partial charge < -0.3 is 5.32 Å². The number of pyridine rings is 2. The molecule has 6 nitrogen and oxygen atoms in total. The summed E-state index contributed by atoms with van der Waals surface area (Å²) < 4.78 is 1.49. The summed E-state index contributed by atoms with van der Waals surface area (Å²) >= 11 is 0. The number of benzene rings is 1. The van der Waals surface area contributed by atoms with Gasteiger partial charge in [0.2, 0.25) is 0 Å². The minimum atomic E-state index is -0.207. The first-order valence-electron chi connectivity index (χ1n) is 7.42. The summed E-state index contributed by atoms with van der Waals surface area (Å²) in [5.41, 5.74) is 2.22. The Morgan fingerprint density at radius 3 is 2.62 bits per heavy atom. The van der Waals surface area contributed by atoms with Crippen LogP contribution >= 0.6 is 0 Å². The molecule has 6 heteroatoms. The predicted molar refractivity (Wildman–Crippen MR) is 92.7 cm³/mol. The van der Waals surface area contributed by atoms with E-state index in [2.05, 4.69) is 20.3 Å². The summed E-state index contributed by atoms with van der Waals surface area (Å²) in [6.45, 7) is 0. The molecule has 0 saturated carbocycles. The highest BCUT2D eigenvalue weighted by Crippen LogP contribution is 2.15. The molecule has 0 aliphatic rings. The smallest absolute Gasteiger partial charge is 0.284 e. The summed E-state index contributed by atoms with van der Waals surface area (Å²) in [4.78, 5) is 25.5. The van der Waals surface area contributed by atoms with Gasteiger partial charge in [0.15, 0.2) is 5.52 Å². The molecule has 116 valence electrons. The van der Waals surface area contributed by atoms with Crippen LogP contribution in [0.15, 0.2) is 78.1 Å². The lowest BCUT2D eigenvalue weighted by Gasteiger charge is -2.08. The molecule has 1 N–H and O–H groups in total. The van der Waals surface area contributed by atoms with Gasteiger partial charge in [-0.1, -0.05) is 18.2 Å². The van der Waals surface area contributed by atoms with Crippen LogP contribution in [0.2, 0.25) is 0 Å². The highest BCUT2D eigenvalue weighted by molar-refractivity contribution is 5.76. The SMILES string of the molecule is O=c1c2nc(Nc3cccnc3)ccc2ncn1-c1ccccc1. The molecule has 24 heavy (non-hydrogen) atoms. The predicted octanol–water partition coefficient (Wildman–Crippen LogP) is 2.92. The van der Waals surface area contributed by atoms with E-state index in [1.54, 1.807) is 24.5 Å². The molecule has 0 unspecified atom stereocenters. The van der Waals surface area contributed by atoms with Gasteiger partial charge in [-0.2, -0.15) is 0 Å². The van der Waals surface area contributed by atoms with Gasteiger partial charge >= 0.3 is 0 Å². The van der Waals surface area contributed by atoms with Crippen molar-refractivity contribution >= 4 is 22.5 Å². The number of aromatic nitrogens is 4. The van der Waals surface area contributed by atoms with Crippen molar-refractivity contribution in [3.05, 3.63) is 83.7 Å². The van der Waals surface area contributed by atoms with E-state index in [1.165, 1.54) is 10.9 Å². The fraction of sp³-hybridized carbons (Fsp3) is 0. The minimum Gasteiger partial charge on any atom is -0.339 e. The van der Waals surface area contributed by atoms with E-state index < -0.39 is 0 Å². The fourth-order valence-electron chi connectivity index (χ4n) is 2.43. The van der Waals surface area contributed by atoms with Crippen LogP contribution in [0.1, 0.15) is 0 Å². The molecule has 3 aromatic heterocycles. The maximum absolute atomic E-state index is 12.8. The van der Waals surface area contributed by atoms with Crippen LogP contribution in [0.5, 0.6) is 0 Å². The molecule has 1 aromatic carbocycles. The highest BCUT2D eigenvalue weighted by atomic mass is 16.1. The van der Waals surface area contributed by atoms with Crippen LogP contribution in [-0.2, 0) is 0 Å². The van der Waals surface area contributed by atoms with Gasteiger partial charge in [-0.25, -0.2) is 9.97 Å². The lowest BCUT2D eigenvalue weighted by Crippen LogP contribution is -2.20. The fourth-order valence-corrected chi connectivity index (χ4v) is 2.43. The van der Waals surface area contributed by atoms with Gasteiger partial charge in [0.1, 0.15) is 12.1 Å². The first-order chi connectivity index (χ1) is 11.8. The molecule has 4 aromatic rings. The van der Waals surface area contributed by atoms with Gasteiger partial charge in [0, 0.05) is 6.20 Å². The summed E-state index contributed by atoms with van der Waals surface area (Å²) in [6, 6.07) is 16.6. The van der Waals surface area contributed by atoms with Crippen molar-refractivity contribution < 1.29 is 0 Å². The van der Waals surface area contributed by atoms with Gasteiger partial charge in [-0.3, -0.25) is 14.3 Å². The average Bonchev–Trinajstić information content (AvgIpc) is 2.64. The topological polar surface area (TPSA) is 72.7 Å². The van der Waals surface area contributed by atoms with Crippen molar-refractivity contribution in [3.63, 3.8) is 0 Å². The number of nitrogens with one attached hydrogen (secondary N) is 1. The average molecular weight is 315 g/mol. The first-order valence-corrected chi connectivity index (χ1v) is 7.42. The lowest BCUT2D eigenvalue weighted by molar-refractivity contribution is 0.956. The van der Waals surface area contributed by atoms with E-state index in [1.807, 2.05) is 42.5 Å². The van der Waals surface area contributed by atoms with Crippen LogP contribution in [0.3, 0.4) is 0 Å². The van der Waals surface area contributed by atoms with Crippen molar-refractivity contribution in [2.45, 2.75) is 0 Å². The van der Waals surface area contributed by atoms with E-state index in [9.17, 15) is 4.79 Å². The Morgan fingerprint density at radius 2 is 1.83 bits per heavy atom. The molecular formula is C18H13N5O. The van der Waals surface area contributed by atoms with Crippen molar-refractivity contribution in [1.82, 2.24) is 19.5 Å². The van der Waals surface area contributed by atoms with E-state index >= 15 is 0 Å². The number of rotatable bonds is 3. The van der Waals surface area contributed by atoms with E-state index in [0.29, 0.717) is 16.9 Å². The molecule has 0 radical (unpaired) electrons. The third-order valence-corrected chi connectivity index (χ3v) is 3.58. The van der Waals surface area contributed by atoms with Crippen LogP contribution in [-0.4, -0.2) is 19.5 Å². The lowest BCUT2D eigenvalue weighted by atomic mass is 10.3. The van der Waals surface area contributed by atoms with Crippen molar-refractivity contribution in [2.24, 2.45) is 0 Å². The number of para-hydroxylation sites is 1. The summed E-state index contributed by atoms with van der Waals surface area (Å²) in [5, 5.41) is 3.13. The van der Waals surface area contributed by atoms with Crippen molar-refractivity contribution in [1.29, 1.82) is 0 Å².